The molecule has 116 valence electrons. The summed E-state index contributed by atoms with van der Waals surface area (Å²) in [6.07, 6.45) is 7.90. The van der Waals surface area contributed by atoms with Crippen LogP contribution >= 0.6 is 0 Å². The Morgan fingerprint density at radius 2 is 1.70 bits per heavy atom. The number of aromatic nitrogens is 3. The quantitative estimate of drug-likeness (QED) is 0.759. The van der Waals surface area contributed by atoms with Gasteiger partial charge in [0.05, 0.1) is 6.10 Å². The van der Waals surface area contributed by atoms with Gasteiger partial charge in [0.2, 0.25) is 0 Å². The van der Waals surface area contributed by atoms with Gasteiger partial charge in [-0.3, -0.25) is 15.0 Å². The van der Waals surface area contributed by atoms with Gasteiger partial charge in [0.25, 0.3) is 0 Å². The van der Waals surface area contributed by atoms with Crippen molar-refractivity contribution in [2.75, 3.05) is 0 Å². The fraction of sp³-hybridized carbons (Fsp3) is 0.211. The Bertz CT molecular complexity index is 704. The fourth-order valence-electron chi connectivity index (χ4n) is 2.70. The normalized spacial score (nSPS) is 13.4. The van der Waals surface area contributed by atoms with E-state index in [1.54, 1.807) is 24.8 Å². The molecule has 3 aromatic rings. The first-order chi connectivity index (χ1) is 11.3. The molecule has 3 heterocycles. The first-order valence-electron chi connectivity index (χ1n) is 7.73. The van der Waals surface area contributed by atoms with Crippen LogP contribution in [-0.2, 0) is 6.42 Å². The molecule has 0 saturated carbocycles. The summed E-state index contributed by atoms with van der Waals surface area (Å²) in [5, 5.41) is 10.8. The molecule has 0 amide bonds. The predicted molar refractivity (Wildman–Crippen MR) is 88.7 cm³/mol. The van der Waals surface area contributed by atoms with Crippen LogP contribution in [0.4, 0.5) is 0 Å². The molecule has 23 heavy (non-hydrogen) atoms. The number of aliphatic hydroxyl groups excluding tert-OH is 1. The van der Waals surface area contributed by atoms with Gasteiger partial charge < -0.3 is 5.11 Å². The number of aliphatic hydroxyl groups is 1. The molecular formula is C19H19N3O. The highest BCUT2D eigenvalue weighted by Crippen LogP contribution is 2.33. The molecule has 1 N–H and O–H groups in total. The maximum Gasteiger partial charge on any atom is 0.0888 e. The van der Waals surface area contributed by atoms with E-state index in [1.165, 1.54) is 0 Å². The highest BCUT2D eigenvalue weighted by Gasteiger charge is 2.24. The fourth-order valence-corrected chi connectivity index (χ4v) is 2.70. The number of nitrogens with zero attached hydrogens (tertiary/aromatic N) is 3. The van der Waals surface area contributed by atoms with E-state index < -0.39 is 6.10 Å². The summed E-state index contributed by atoms with van der Waals surface area (Å²) in [4.78, 5) is 12.9. The summed E-state index contributed by atoms with van der Waals surface area (Å²) in [6.45, 7) is 0. The van der Waals surface area contributed by atoms with Crippen LogP contribution < -0.4 is 0 Å². The largest absolute Gasteiger partial charge is 0.388 e. The molecule has 0 unspecified atom stereocenters. The van der Waals surface area contributed by atoms with Gasteiger partial charge in [-0.05, 0) is 48.7 Å². The molecular weight excluding hydrogens is 286 g/mol. The zero-order chi connectivity index (χ0) is 15.9. The molecule has 0 radical (unpaired) electrons. The second kappa shape index (κ2) is 7.61. The average molecular weight is 305 g/mol. The van der Waals surface area contributed by atoms with Crippen LogP contribution in [0.25, 0.3) is 0 Å². The number of pyridine rings is 3. The first kappa shape index (κ1) is 15.3. The molecule has 0 saturated heterocycles. The van der Waals surface area contributed by atoms with Gasteiger partial charge in [-0.15, -0.1) is 0 Å². The molecule has 4 heteroatoms. The molecule has 3 aromatic heterocycles. The molecule has 0 aromatic carbocycles. The highest BCUT2D eigenvalue weighted by molar-refractivity contribution is 5.20. The Balaban J connectivity index is 1.82. The van der Waals surface area contributed by atoms with Crippen molar-refractivity contribution in [1.29, 1.82) is 0 Å². The van der Waals surface area contributed by atoms with Gasteiger partial charge >= 0.3 is 0 Å². The van der Waals surface area contributed by atoms with E-state index in [4.69, 9.17) is 0 Å². The summed E-state index contributed by atoms with van der Waals surface area (Å²) < 4.78 is 0. The van der Waals surface area contributed by atoms with E-state index in [-0.39, 0.29) is 5.92 Å². The molecule has 0 fully saturated rings. The van der Waals surface area contributed by atoms with E-state index in [0.717, 1.165) is 29.8 Å². The molecule has 4 nitrogen and oxygen atoms in total. The first-order valence-corrected chi connectivity index (χ1v) is 7.73. The van der Waals surface area contributed by atoms with E-state index in [0.29, 0.717) is 0 Å². The van der Waals surface area contributed by atoms with Gasteiger partial charge in [0.15, 0.2) is 0 Å². The van der Waals surface area contributed by atoms with Crippen LogP contribution in [0.3, 0.4) is 0 Å². The van der Waals surface area contributed by atoms with Crippen molar-refractivity contribution in [2.24, 2.45) is 0 Å². The molecule has 0 aliphatic carbocycles. The summed E-state index contributed by atoms with van der Waals surface area (Å²) in [5.41, 5.74) is 2.72. The lowest BCUT2D eigenvalue weighted by Crippen LogP contribution is -2.14. The van der Waals surface area contributed by atoms with Crippen LogP contribution in [0.1, 0.15) is 35.4 Å². The lowest BCUT2D eigenvalue weighted by Gasteiger charge is -2.22. The summed E-state index contributed by atoms with van der Waals surface area (Å²) in [7, 11) is 0. The summed E-state index contributed by atoms with van der Waals surface area (Å²) in [5.74, 6) is -0.0950. The van der Waals surface area contributed by atoms with Crippen LogP contribution in [0, 0.1) is 0 Å². The highest BCUT2D eigenvalue weighted by atomic mass is 16.3. The van der Waals surface area contributed by atoms with Gasteiger partial charge in [0, 0.05) is 42.1 Å². The summed E-state index contributed by atoms with van der Waals surface area (Å²) >= 11 is 0. The molecule has 0 bridgehead atoms. The average Bonchev–Trinajstić information content (AvgIpc) is 2.64. The van der Waals surface area contributed by atoms with Gasteiger partial charge in [-0.2, -0.15) is 0 Å². The third kappa shape index (κ3) is 3.99. The van der Waals surface area contributed by atoms with E-state index in [1.807, 2.05) is 48.5 Å². The third-order valence-electron chi connectivity index (χ3n) is 3.91. The Morgan fingerprint density at radius 1 is 0.870 bits per heavy atom. The maximum absolute atomic E-state index is 10.8. The zero-order valence-electron chi connectivity index (χ0n) is 12.8. The van der Waals surface area contributed by atoms with Crippen LogP contribution in [-0.4, -0.2) is 20.1 Å². The van der Waals surface area contributed by atoms with Crippen molar-refractivity contribution in [2.45, 2.75) is 24.9 Å². The standard InChI is InChI=1S/C19H19N3O/c23-19(15-6-5-11-20-14-15)17(18-8-2-4-13-22-18)10-9-16-7-1-3-12-21-16/h1-8,11-14,17,19,23H,9-10H2/t17-,19+/m1/s1. The second-order valence-electron chi connectivity index (χ2n) is 5.45. The minimum atomic E-state index is -0.637. The number of aryl methyl sites for hydroxylation is 1. The lowest BCUT2D eigenvalue weighted by molar-refractivity contribution is 0.138. The molecule has 0 aliphatic rings. The Morgan fingerprint density at radius 3 is 2.35 bits per heavy atom. The van der Waals surface area contributed by atoms with E-state index in [9.17, 15) is 5.11 Å². The molecule has 2 atom stereocenters. The van der Waals surface area contributed by atoms with Gasteiger partial charge in [-0.1, -0.05) is 18.2 Å². The summed E-state index contributed by atoms with van der Waals surface area (Å²) in [6, 6.07) is 15.4. The van der Waals surface area contributed by atoms with Crippen molar-refractivity contribution in [3.63, 3.8) is 0 Å². The minimum Gasteiger partial charge on any atom is -0.388 e. The molecule has 0 aliphatic heterocycles. The van der Waals surface area contributed by atoms with Gasteiger partial charge in [0.1, 0.15) is 0 Å². The lowest BCUT2D eigenvalue weighted by atomic mass is 9.88. The molecule has 0 spiro atoms. The topological polar surface area (TPSA) is 58.9 Å². The van der Waals surface area contributed by atoms with Crippen molar-refractivity contribution >= 4 is 0 Å². The van der Waals surface area contributed by atoms with E-state index in [2.05, 4.69) is 15.0 Å². The third-order valence-corrected chi connectivity index (χ3v) is 3.91. The van der Waals surface area contributed by atoms with Crippen LogP contribution in [0.5, 0.6) is 0 Å². The van der Waals surface area contributed by atoms with E-state index >= 15 is 0 Å². The van der Waals surface area contributed by atoms with Crippen molar-refractivity contribution in [3.8, 4) is 0 Å². The Labute approximate surface area is 135 Å². The molecule has 3 rings (SSSR count). The zero-order valence-corrected chi connectivity index (χ0v) is 12.8. The monoisotopic (exact) mass is 305 g/mol. The minimum absolute atomic E-state index is 0.0950. The number of rotatable bonds is 6. The van der Waals surface area contributed by atoms with Crippen molar-refractivity contribution in [3.05, 3.63) is 90.3 Å². The SMILES string of the molecule is O[C@@H](c1cccnc1)[C@H](CCc1ccccn1)c1ccccn1. The van der Waals surface area contributed by atoms with Crippen molar-refractivity contribution in [1.82, 2.24) is 15.0 Å². The number of hydrogen-bond acceptors (Lipinski definition) is 4. The van der Waals surface area contributed by atoms with Gasteiger partial charge in [-0.25, -0.2) is 0 Å². The smallest absolute Gasteiger partial charge is 0.0888 e. The Kier molecular flexibility index (Phi) is 5.06. The predicted octanol–water partition coefficient (Wildman–Crippen LogP) is 3.32. The van der Waals surface area contributed by atoms with Crippen molar-refractivity contribution < 1.29 is 5.11 Å². The van der Waals surface area contributed by atoms with Crippen LogP contribution in [0.2, 0.25) is 0 Å². The van der Waals surface area contributed by atoms with Crippen LogP contribution in [0.15, 0.2) is 73.3 Å². The second-order valence-corrected chi connectivity index (χ2v) is 5.45. The number of hydrogen-bond donors (Lipinski definition) is 1. The maximum atomic E-state index is 10.8. The Hall–Kier alpha value is -2.59.